The maximum atomic E-state index is 12.6. The number of ether oxygens (including phenoxy) is 1. The van der Waals surface area contributed by atoms with E-state index in [1.807, 2.05) is 24.3 Å². The van der Waals surface area contributed by atoms with Gasteiger partial charge in [0.15, 0.2) is 0 Å². The number of aromatic nitrogens is 1. The normalized spacial score (nSPS) is 12.5. The first kappa shape index (κ1) is 22.4. The van der Waals surface area contributed by atoms with Gasteiger partial charge in [0, 0.05) is 23.9 Å². The lowest BCUT2D eigenvalue weighted by molar-refractivity contribution is -0.116. The first-order valence-corrected chi connectivity index (χ1v) is 11.3. The van der Waals surface area contributed by atoms with Crippen LogP contribution in [0.4, 0.5) is 9.80 Å². The number of carbonyl (C=O) groups is 2. The highest BCUT2D eigenvalue weighted by atomic mass is 32.1. The number of aryl methyl sites for hydroxylation is 1. The first-order valence-electron chi connectivity index (χ1n) is 10.5. The van der Waals surface area contributed by atoms with Crippen molar-refractivity contribution >= 4 is 28.3 Å². The summed E-state index contributed by atoms with van der Waals surface area (Å²) < 4.78 is 10.1. The molecule has 170 valence electrons. The molecular weight excluding hydrogens is 442 g/mol. The van der Waals surface area contributed by atoms with Crippen LogP contribution < -0.4 is 15.4 Å². The maximum Gasteiger partial charge on any atom is 0.318 e. The molecule has 33 heavy (non-hydrogen) atoms. The third-order valence-electron chi connectivity index (χ3n) is 5.43. The maximum absolute atomic E-state index is 12.6. The predicted molar refractivity (Wildman–Crippen MR) is 122 cm³/mol. The van der Waals surface area contributed by atoms with Gasteiger partial charge in [0.05, 0.1) is 25.8 Å². The molecular formula is C23H23N5O4S. The van der Waals surface area contributed by atoms with Crippen molar-refractivity contribution in [2.24, 2.45) is 0 Å². The average molecular weight is 466 g/mol. The molecule has 3 heterocycles. The van der Waals surface area contributed by atoms with Gasteiger partial charge in [-0.1, -0.05) is 23.4 Å². The molecule has 0 aliphatic carbocycles. The molecule has 1 aromatic carbocycles. The van der Waals surface area contributed by atoms with Crippen LogP contribution >= 0.6 is 11.3 Å². The van der Waals surface area contributed by atoms with Crippen LogP contribution in [0.5, 0.6) is 5.75 Å². The number of nitrogens with one attached hydrogen (secondary N) is 2. The van der Waals surface area contributed by atoms with Crippen molar-refractivity contribution in [3.63, 3.8) is 0 Å². The van der Waals surface area contributed by atoms with Crippen LogP contribution in [0, 0.1) is 11.3 Å². The summed E-state index contributed by atoms with van der Waals surface area (Å²) in [5, 5.41) is 19.7. The molecule has 2 aromatic heterocycles. The Morgan fingerprint density at radius 1 is 1.33 bits per heavy atom. The molecule has 0 bridgehead atoms. The smallest absolute Gasteiger partial charge is 0.318 e. The Labute approximate surface area is 194 Å². The molecule has 10 heteroatoms. The number of fused-ring (bicyclic) bond motifs is 1. The SMILES string of the molecule is COc1ccccc1CCC(=O)Nc1sc2c(c1C#N)CCN(C(=O)NCc1ccon1)C2. The van der Waals surface area contributed by atoms with Crippen molar-refractivity contribution in [2.45, 2.75) is 32.4 Å². The van der Waals surface area contributed by atoms with Crippen LogP contribution in [0.3, 0.4) is 0 Å². The number of nitrogens with zero attached hydrogens (tertiary/aromatic N) is 3. The fraction of sp³-hybridized carbons (Fsp3) is 0.304. The lowest BCUT2D eigenvalue weighted by Crippen LogP contribution is -2.42. The lowest BCUT2D eigenvalue weighted by Gasteiger charge is -2.27. The molecule has 9 nitrogen and oxygen atoms in total. The quantitative estimate of drug-likeness (QED) is 0.551. The van der Waals surface area contributed by atoms with Crippen molar-refractivity contribution in [3.05, 3.63) is 63.9 Å². The van der Waals surface area contributed by atoms with E-state index in [9.17, 15) is 14.9 Å². The Kier molecular flexibility index (Phi) is 6.90. The van der Waals surface area contributed by atoms with E-state index in [1.165, 1.54) is 17.6 Å². The Morgan fingerprint density at radius 2 is 2.18 bits per heavy atom. The zero-order chi connectivity index (χ0) is 23.2. The van der Waals surface area contributed by atoms with Crippen molar-refractivity contribution in [2.75, 3.05) is 19.0 Å². The molecule has 3 aromatic rings. The van der Waals surface area contributed by atoms with Crippen molar-refractivity contribution in [3.8, 4) is 11.8 Å². The summed E-state index contributed by atoms with van der Waals surface area (Å²) in [6, 6.07) is 11.3. The Hall–Kier alpha value is -3.84. The van der Waals surface area contributed by atoms with Gasteiger partial charge in [-0.2, -0.15) is 5.26 Å². The number of rotatable bonds is 7. The van der Waals surface area contributed by atoms with Gasteiger partial charge >= 0.3 is 6.03 Å². The molecule has 0 radical (unpaired) electrons. The molecule has 0 atom stereocenters. The Morgan fingerprint density at radius 3 is 2.94 bits per heavy atom. The fourth-order valence-corrected chi connectivity index (χ4v) is 4.97. The number of methoxy groups -OCH3 is 1. The Bertz CT molecular complexity index is 1180. The van der Waals surface area contributed by atoms with E-state index in [0.717, 1.165) is 21.8 Å². The number of carbonyl (C=O) groups excluding carboxylic acids is 2. The molecule has 0 spiro atoms. The van der Waals surface area contributed by atoms with Crippen LogP contribution in [-0.4, -0.2) is 35.6 Å². The minimum atomic E-state index is -0.210. The van der Waals surface area contributed by atoms with Gasteiger partial charge in [0.2, 0.25) is 5.91 Å². The van der Waals surface area contributed by atoms with E-state index in [4.69, 9.17) is 9.26 Å². The average Bonchev–Trinajstić information content (AvgIpc) is 3.48. The topological polar surface area (TPSA) is 120 Å². The zero-order valence-corrected chi connectivity index (χ0v) is 18.9. The summed E-state index contributed by atoms with van der Waals surface area (Å²) in [7, 11) is 1.60. The van der Waals surface area contributed by atoms with Crippen molar-refractivity contribution in [1.29, 1.82) is 5.26 Å². The summed E-state index contributed by atoms with van der Waals surface area (Å²) in [6.07, 6.45) is 2.81. The van der Waals surface area contributed by atoms with E-state index >= 15 is 0 Å². The van der Waals surface area contributed by atoms with Gasteiger partial charge < -0.3 is 24.8 Å². The van der Waals surface area contributed by atoms with Gasteiger partial charge in [0.25, 0.3) is 0 Å². The number of urea groups is 1. The number of thiophene rings is 1. The fourth-order valence-electron chi connectivity index (χ4n) is 3.74. The molecule has 0 fully saturated rings. The minimum Gasteiger partial charge on any atom is -0.496 e. The second-order valence-electron chi connectivity index (χ2n) is 7.50. The number of amides is 3. The molecule has 4 rings (SSSR count). The van der Waals surface area contributed by atoms with Gasteiger partial charge in [0.1, 0.15) is 28.8 Å². The van der Waals surface area contributed by atoms with Gasteiger partial charge in [-0.3, -0.25) is 4.79 Å². The largest absolute Gasteiger partial charge is 0.496 e. The number of anilines is 1. The van der Waals surface area contributed by atoms with Crippen molar-refractivity contribution < 1.29 is 18.8 Å². The number of para-hydroxylation sites is 1. The Balaban J connectivity index is 1.38. The third-order valence-corrected chi connectivity index (χ3v) is 6.57. The van der Waals surface area contributed by atoms with E-state index in [-0.39, 0.29) is 24.9 Å². The monoisotopic (exact) mass is 465 g/mol. The number of hydrogen-bond acceptors (Lipinski definition) is 7. The molecule has 0 saturated heterocycles. The van der Waals surface area contributed by atoms with Gasteiger partial charge in [-0.15, -0.1) is 11.3 Å². The number of nitriles is 1. The molecule has 3 amide bonds. The zero-order valence-electron chi connectivity index (χ0n) is 18.1. The molecule has 2 N–H and O–H groups in total. The van der Waals surface area contributed by atoms with Crippen LogP contribution in [0.1, 0.15) is 33.7 Å². The third kappa shape index (κ3) is 5.15. The van der Waals surface area contributed by atoms with E-state index in [1.54, 1.807) is 18.1 Å². The molecule has 1 aliphatic rings. The van der Waals surface area contributed by atoms with Crippen LogP contribution in [0.2, 0.25) is 0 Å². The van der Waals surface area contributed by atoms with E-state index in [2.05, 4.69) is 21.9 Å². The highest BCUT2D eigenvalue weighted by Gasteiger charge is 2.27. The van der Waals surface area contributed by atoms with Gasteiger partial charge in [-0.25, -0.2) is 4.79 Å². The van der Waals surface area contributed by atoms with E-state index < -0.39 is 0 Å². The summed E-state index contributed by atoms with van der Waals surface area (Å²) in [5.74, 6) is 0.578. The summed E-state index contributed by atoms with van der Waals surface area (Å²) in [5.41, 5.74) is 2.99. The second kappa shape index (κ2) is 10.2. The summed E-state index contributed by atoms with van der Waals surface area (Å²) in [4.78, 5) is 27.7. The molecule has 1 aliphatic heterocycles. The standard InChI is InChI=1S/C23H23N5O4S/c1-31-19-5-3-2-4-15(19)6-7-21(29)26-22-18(12-24)17-8-10-28(14-20(17)33-22)23(30)25-13-16-9-11-32-27-16/h2-5,9,11H,6-8,10,13-14H2,1H3,(H,25,30)(H,26,29). The number of hydrogen-bond donors (Lipinski definition) is 2. The molecule has 0 saturated carbocycles. The molecule has 0 unspecified atom stereocenters. The minimum absolute atomic E-state index is 0.168. The first-order chi connectivity index (χ1) is 16.1. The van der Waals surface area contributed by atoms with Crippen LogP contribution in [0.15, 0.2) is 41.1 Å². The second-order valence-corrected chi connectivity index (χ2v) is 8.61. The summed E-state index contributed by atoms with van der Waals surface area (Å²) in [6.45, 7) is 1.15. The van der Waals surface area contributed by atoms with Crippen LogP contribution in [-0.2, 0) is 30.7 Å². The van der Waals surface area contributed by atoms with Gasteiger partial charge in [-0.05, 0) is 30.0 Å². The highest BCUT2D eigenvalue weighted by Crippen LogP contribution is 2.36. The lowest BCUT2D eigenvalue weighted by atomic mass is 10.0. The van der Waals surface area contributed by atoms with Crippen molar-refractivity contribution in [1.82, 2.24) is 15.4 Å². The summed E-state index contributed by atoms with van der Waals surface area (Å²) >= 11 is 1.35. The highest BCUT2D eigenvalue weighted by molar-refractivity contribution is 7.16. The van der Waals surface area contributed by atoms with E-state index in [0.29, 0.717) is 42.2 Å². The predicted octanol–water partition coefficient (Wildman–Crippen LogP) is 3.46. The van der Waals surface area contributed by atoms with Crippen LogP contribution in [0.25, 0.3) is 0 Å². The number of benzene rings is 1.